The van der Waals surface area contributed by atoms with E-state index in [9.17, 15) is 18.0 Å². The van der Waals surface area contributed by atoms with Gasteiger partial charge in [0.2, 0.25) is 0 Å². The number of carbonyl (C=O) groups is 1. The van der Waals surface area contributed by atoms with Gasteiger partial charge in [-0.25, -0.2) is 0 Å². The van der Waals surface area contributed by atoms with Crippen LogP contribution in [0.3, 0.4) is 0 Å². The molecular weight excluding hydrogens is 297 g/mol. The number of carbonyl (C=O) groups excluding carboxylic acids is 1. The number of esters is 1. The number of hydrogen-bond donors (Lipinski definition) is 0. The van der Waals surface area contributed by atoms with E-state index in [2.05, 4.69) is 0 Å². The second-order valence-corrected chi connectivity index (χ2v) is 5.57. The van der Waals surface area contributed by atoms with Crippen molar-refractivity contribution in [2.45, 2.75) is 52.5 Å². The smallest absolute Gasteiger partial charge is 0.416 e. The highest BCUT2D eigenvalue weighted by molar-refractivity contribution is 5.69. The molecule has 0 N–H and O–H groups in total. The van der Waals surface area contributed by atoms with Crippen molar-refractivity contribution >= 4 is 5.97 Å². The lowest BCUT2D eigenvalue weighted by molar-refractivity contribution is -0.149. The van der Waals surface area contributed by atoms with Gasteiger partial charge in [0.1, 0.15) is 5.75 Å². The largest absolute Gasteiger partial charge is 0.490 e. The van der Waals surface area contributed by atoms with Crippen LogP contribution in [-0.4, -0.2) is 18.2 Å². The summed E-state index contributed by atoms with van der Waals surface area (Å²) in [7, 11) is 0. The first kappa shape index (κ1) is 18.3. The molecule has 22 heavy (non-hydrogen) atoms. The predicted molar refractivity (Wildman–Crippen MR) is 76.5 cm³/mol. The highest BCUT2D eigenvalue weighted by Gasteiger charge is 2.30. The van der Waals surface area contributed by atoms with E-state index in [0.717, 1.165) is 12.1 Å². The summed E-state index contributed by atoms with van der Waals surface area (Å²) in [6.07, 6.45) is -4.67. The fourth-order valence-corrected chi connectivity index (χ4v) is 1.79. The maximum Gasteiger partial charge on any atom is 0.416 e. The van der Waals surface area contributed by atoms with Gasteiger partial charge in [0.15, 0.2) is 0 Å². The SMILES string of the molecule is CC(C)OC(=O)CC(C)C(C)Oc1ccc(C(F)(F)F)cc1. The van der Waals surface area contributed by atoms with Crippen LogP contribution in [-0.2, 0) is 15.7 Å². The Hall–Kier alpha value is -1.72. The van der Waals surface area contributed by atoms with Crippen molar-refractivity contribution in [3.63, 3.8) is 0 Å². The van der Waals surface area contributed by atoms with Gasteiger partial charge in [-0.3, -0.25) is 4.79 Å². The van der Waals surface area contributed by atoms with Crippen LogP contribution < -0.4 is 4.74 Å². The van der Waals surface area contributed by atoms with E-state index < -0.39 is 11.7 Å². The van der Waals surface area contributed by atoms with Crippen molar-refractivity contribution in [2.75, 3.05) is 0 Å². The Bertz CT molecular complexity index is 480. The molecule has 0 bridgehead atoms. The number of rotatable bonds is 6. The summed E-state index contributed by atoms with van der Waals surface area (Å²) in [6, 6.07) is 4.50. The zero-order valence-corrected chi connectivity index (χ0v) is 13.1. The maximum absolute atomic E-state index is 12.5. The first-order chi connectivity index (χ1) is 10.1. The molecule has 0 amide bonds. The summed E-state index contributed by atoms with van der Waals surface area (Å²) in [4.78, 5) is 11.6. The molecule has 1 aromatic carbocycles. The molecule has 2 unspecified atom stereocenters. The van der Waals surface area contributed by atoms with Gasteiger partial charge >= 0.3 is 12.1 Å². The number of alkyl halides is 3. The second-order valence-electron chi connectivity index (χ2n) is 5.57. The molecule has 0 aliphatic rings. The average molecular weight is 318 g/mol. The van der Waals surface area contributed by atoms with Gasteiger partial charge < -0.3 is 9.47 Å². The molecule has 2 atom stereocenters. The second kappa shape index (κ2) is 7.51. The lowest BCUT2D eigenvalue weighted by atomic mass is 10.0. The molecule has 0 saturated heterocycles. The topological polar surface area (TPSA) is 35.5 Å². The van der Waals surface area contributed by atoms with Crippen LogP contribution in [0.15, 0.2) is 24.3 Å². The van der Waals surface area contributed by atoms with E-state index >= 15 is 0 Å². The van der Waals surface area contributed by atoms with Gasteiger partial charge in [-0.1, -0.05) is 6.92 Å². The zero-order chi connectivity index (χ0) is 16.9. The van der Waals surface area contributed by atoms with Crippen LogP contribution in [0.25, 0.3) is 0 Å². The average Bonchev–Trinajstić information content (AvgIpc) is 2.36. The third kappa shape index (κ3) is 5.95. The monoisotopic (exact) mass is 318 g/mol. The highest BCUT2D eigenvalue weighted by Crippen LogP contribution is 2.30. The molecule has 124 valence electrons. The van der Waals surface area contributed by atoms with E-state index in [4.69, 9.17) is 9.47 Å². The fraction of sp³-hybridized carbons (Fsp3) is 0.562. The Morgan fingerprint density at radius 1 is 1.09 bits per heavy atom. The minimum Gasteiger partial charge on any atom is -0.490 e. The quantitative estimate of drug-likeness (QED) is 0.727. The van der Waals surface area contributed by atoms with Crippen molar-refractivity contribution in [3.05, 3.63) is 29.8 Å². The van der Waals surface area contributed by atoms with Gasteiger partial charge in [-0.05, 0) is 45.0 Å². The van der Waals surface area contributed by atoms with Crippen LogP contribution in [0.2, 0.25) is 0 Å². The molecule has 0 aromatic heterocycles. The Morgan fingerprint density at radius 2 is 1.64 bits per heavy atom. The van der Waals surface area contributed by atoms with Crippen molar-refractivity contribution in [3.8, 4) is 5.75 Å². The highest BCUT2D eigenvalue weighted by atomic mass is 19.4. The molecule has 0 heterocycles. The molecule has 6 heteroatoms. The summed E-state index contributed by atoms with van der Waals surface area (Å²) in [5.74, 6) is -0.0940. The third-order valence-electron chi connectivity index (χ3n) is 3.16. The maximum atomic E-state index is 12.5. The molecule has 1 rings (SSSR count). The van der Waals surface area contributed by atoms with Crippen molar-refractivity contribution in [1.82, 2.24) is 0 Å². The lowest BCUT2D eigenvalue weighted by Gasteiger charge is -2.21. The van der Waals surface area contributed by atoms with Crippen molar-refractivity contribution in [1.29, 1.82) is 0 Å². The fourth-order valence-electron chi connectivity index (χ4n) is 1.79. The summed E-state index contributed by atoms with van der Waals surface area (Å²) < 4.78 is 48.0. The molecule has 0 spiro atoms. The van der Waals surface area contributed by atoms with Crippen LogP contribution >= 0.6 is 0 Å². The zero-order valence-electron chi connectivity index (χ0n) is 13.1. The van der Waals surface area contributed by atoms with Crippen LogP contribution in [0.5, 0.6) is 5.75 Å². The number of halogens is 3. The van der Waals surface area contributed by atoms with E-state index in [0.29, 0.717) is 5.75 Å². The lowest BCUT2D eigenvalue weighted by Crippen LogP contribution is -2.25. The Labute approximate surface area is 128 Å². The first-order valence-corrected chi connectivity index (χ1v) is 7.13. The molecule has 0 fully saturated rings. The standard InChI is InChI=1S/C16H21F3O3/c1-10(2)21-15(20)9-11(3)12(4)22-14-7-5-13(6-8-14)16(17,18)19/h5-8,10-12H,9H2,1-4H3. The van der Waals surface area contributed by atoms with Gasteiger partial charge in [0.05, 0.1) is 24.2 Å². The minimum absolute atomic E-state index is 0.117. The molecular formula is C16H21F3O3. The van der Waals surface area contributed by atoms with Gasteiger partial charge in [0, 0.05) is 5.92 Å². The van der Waals surface area contributed by atoms with Crippen molar-refractivity contribution < 1.29 is 27.4 Å². The van der Waals surface area contributed by atoms with Gasteiger partial charge in [-0.15, -0.1) is 0 Å². The normalized spacial score (nSPS) is 14.5. The van der Waals surface area contributed by atoms with E-state index in [1.54, 1.807) is 20.8 Å². The van der Waals surface area contributed by atoms with Crippen molar-refractivity contribution in [2.24, 2.45) is 5.92 Å². The number of ether oxygens (including phenoxy) is 2. The molecule has 1 aromatic rings. The molecule has 0 saturated carbocycles. The predicted octanol–water partition coefficient (Wildman–Crippen LogP) is 4.45. The summed E-state index contributed by atoms with van der Waals surface area (Å²) in [5.41, 5.74) is -0.721. The van der Waals surface area contributed by atoms with Crippen LogP contribution in [0, 0.1) is 5.92 Å². The number of benzene rings is 1. The third-order valence-corrected chi connectivity index (χ3v) is 3.16. The molecule has 3 nitrogen and oxygen atoms in total. The summed E-state index contributed by atoms with van der Waals surface area (Å²) in [5, 5.41) is 0. The van der Waals surface area contributed by atoms with Gasteiger partial charge in [-0.2, -0.15) is 13.2 Å². The Balaban J connectivity index is 2.57. The van der Waals surface area contributed by atoms with E-state index in [-0.39, 0.29) is 30.5 Å². The summed E-state index contributed by atoms with van der Waals surface area (Å²) >= 11 is 0. The molecule has 0 aliphatic carbocycles. The van der Waals surface area contributed by atoms with E-state index in [1.807, 2.05) is 6.92 Å². The van der Waals surface area contributed by atoms with Gasteiger partial charge in [0.25, 0.3) is 0 Å². The number of hydrogen-bond acceptors (Lipinski definition) is 3. The Morgan fingerprint density at radius 3 is 2.09 bits per heavy atom. The Kier molecular flexibility index (Phi) is 6.26. The van der Waals surface area contributed by atoms with Crippen LogP contribution in [0.1, 0.15) is 39.7 Å². The summed E-state index contributed by atoms with van der Waals surface area (Å²) in [6.45, 7) is 7.14. The molecule has 0 radical (unpaired) electrons. The first-order valence-electron chi connectivity index (χ1n) is 7.13. The van der Waals surface area contributed by atoms with E-state index in [1.165, 1.54) is 12.1 Å². The minimum atomic E-state index is -4.36. The van der Waals surface area contributed by atoms with Crippen LogP contribution in [0.4, 0.5) is 13.2 Å². The molecule has 0 aliphatic heterocycles.